The minimum Gasteiger partial charge on any atom is -0.378 e. The highest BCUT2D eigenvalue weighted by atomic mass is 16.1. The van der Waals surface area contributed by atoms with Gasteiger partial charge < -0.3 is 15.5 Å². The number of carbonyl (C=O) groups excluding carboxylic acids is 1. The van der Waals surface area contributed by atoms with Crippen molar-refractivity contribution >= 4 is 17.3 Å². The lowest BCUT2D eigenvalue weighted by atomic mass is 9.76. The van der Waals surface area contributed by atoms with Gasteiger partial charge in [0.05, 0.1) is 6.04 Å². The van der Waals surface area contributed by atoms with Crippen LogP contribution in [-0.4, -0.2) is 24.5 Å². The van der Waals surface area contributed by atoms with Gasteiger partial charge in [-0.2, -0.15) is 0 Å². The van der Waals surface area contributed by atoms with Gasteiger partial charge in [-0.25, -0.2) is 0 Å². The molecule has 2 aliphatic rings. The predicted octanol–water partition coefficient (Wildman–Crippen LogP) is 5.89. The number of carbonyl (C=O) groups is 1. The molecule has 2 aromatic carbocycles. The molecule has 164 valence electrons. The Labute approximate surface area is 186 Å². The quantitative estimate of drug-likeness (QED) is 0.597. The second-order valence-electron chi connectivity index (χ2n) is 9.75. The maximum atomic E-state index is 12.7. The lowest BCUT2D eigenvalue weighted by Gasteiger charge is -2.38. The predicted molar refractivity (Wildman–Crippen MR) is 130 cm³/mol. The fraction of sp³-hybridized carbons (Fsp3) is 0.444. The molecule has 0 radical (unpaired) electrons. The lowest BCUT2D eigenvalue weighted by molar-refractivity contribution is 0.0919. The normalized spacial score (nSPS) is 21.8. The van der Waals surface area contributed by atoms with Crippen LogP contribution in [0.1, 0.15) is 74.5 Å². The van der Waals surface area contributed by atoms with Crippen LogP contribution < -0.4 is 15.5 Å². The van der Waals surface area contributed by atoms with Crippen LogP contribution in [0, 0.1) is 5.92 Å². The van der Waals surface area contributed by atoms with Crippen LogP contribution >= 0.6 is 0 Å². The standard InChI is InChI=1S/C27H35N3O/c1-6-30(7-2)20-14-11-18(12-15-20)25-22-10-8-9-21(22)23-17-19(13-16-24(23)28-25)26(31)29-27(3,4)5/h8-9,11-17,21-22,25,28H,6-7,10H2,1-5H3,(H,29,31). The molecule has 3 atom stereocenters. The summed E-state index contributed by atoms with van der Waals surface area (Å²) in [6.45, 7) is 12.5. The van der Waals surface area contributed by atoms with Gasteiger partial charge in [0.25, 0.3) is 5.91 Å². The van der Waals surface area contributed by atoms with Crippen molar-refractivity contribution < 1.29 is 4.79 Å². The first-order chi connectivity index (χ1) is 14.8. The summed E-state index contributed by atoms with van der Waals surface area (Å²) in [5.41, 5.74) is 5.46. The van der Waals surface area contributed by atoms with E-state index < -0.39 is 0 Å². The van der Waals surface area contributed by atoms with E-state index in [-0.39, 0.29) is 17.5 Å². The van der Waals surface area contributed by atoms with Crippen LogP contribution in [0.2, 0.25) is 0 Å². The minimum absolute atomic E-state index is 0.0112. The Kier molecular flexibility index (Phi) is 5.83. The maximum absolute atomic E-state index is 12.7. The summed E-state index contributed by atoms with van der Waals surface area (Å²) in [5, 5.41) is 6.87. The fourth-order valence-electron chi connectivity index (χ4n) is 4.96. The van der Waals surface area contributed by atoms with Crippen LogP contribution in [0.15, 0.2) is 54.6 Å². The molecule has 0 saturated heterocycles. The summed E-state index contributed by atoms with van der Waals surface area (Å²) >= 11 is 0. The van der Waals surface area contributed by atoms with Crippen LogP contribution in [0.25, 0.3) is 0 Å². The van der Waals surface area contributed by atoms with E-state index in [9.17, 15) is 4.79 Å². The Morgan fingerprint density at radius 1 is 1.10 bits per heavy atom. The third-order valence-corrected chi connectivity index (χ3v) is 6.49. The highest BCUT2D eigenvalue weighted by molar-refractivity contribution is 5.95. The first kappa shape index (κ1) is 21.5. The molecule has 31 heavy (non-hydrogen) atoms. The van der Waals surface area contributed by atoms with Crippen LogP contribution in [0.4, 0.5) is 11.4 Å². The maximum Gasteiger partial charge on any atom is 0.251 e. The number of amides is 1. The van der Waals surface area contributed by atoms with Gasteiger partial charge >= 0.3 is 0 Å². The molecule has 0 fully saturated rings. The SMILES string of the molecule is CCN(CC)c1ccc(C2Nc3ccc(C(=O)NC(C)(C)C)cc3C3C=CCC32)cc1. The highest BCUT2D eigenvalue weighted by Crippen LogP contribution is 2.50. The molecule has 2 N–H and O–H groups in total. The van der Waals surface area contributed by atoms with E-state index in [1.165, 1.54) is 16.8 Å². The summed E-state index contributed by atoms with van der Waals surface area (Å²) in [6, 6.07) is 15.4. The van der Waals surface area contributed by atoms with Crippen LogP contribution in [-0.2, 0) is 0 Å². The summed E-state index contributed by atoms with van der Waals surface area (Å²) < 4.78 is 0. The van der Waals surface area contributed by atoms with E-state index >= 15 is 0 Å². The van der Waals surface area contributed by atoms with Crippen molar-refractivity contribution in [3.05, 3.63) is 71.3 Å². The van der Waals surface area contributed by atoms with Crippen molar-refractivity contribution in [2.75, 3.05) is 23.3 Å². The molecule has 4 nitrogen and oxygen atoms in total. The van der Waals surface area contributed by atoms with Gasteiger partial charge in [-0.15, -0.1) is 0 Å². The molecule has 2 aromatic rings. The number of allylic oxidation sites excluding steroid dienone is 2. The van der Waals surface area contributed by atoms with Gasteiger partial charge in [0.15, 0.2) is 0 Å². The van der Waals surface area contributed by atoms with Crippen molar-refractivity contribution in [2.45, 2.75) is 58.5 Å². The van der Waals surface area contributed by atoms with E-state index in [1.807, 2.05) is 26.8 Å². The van der Waals surface area contributed by atoms with E-state index in [0.717, 1.165) is 30.8 Å². The van der Waals surface area contributed by atoms with Crippen molar-refractivity contribution in [2.24, 2.45) is 5.92 Å². The lowest BCUT2D eigenvalue weighted by Crippen LogP contribution is -2.40. The summed E-state index contributed by atoms with van der Waals surface area (Å²) in [5.74, 6) is 0.793. The van der Waals surface area contributed by atoms with Gasteiger partial charge in [-0.1, -0.05) is 24.3 Å². The molecule has 1 aliphatic carbocycles. The summed E-state index contributed by atoms with van der Waals surface area (Å²) in [7, 11) is 0. The van der Waals surface area contributed by atoms with E-state index in [4.69, 9.17) is 0 Å². The van der Waals surface area contributed by atoms with Gasteiger partial charge in [-0.05, 0) is 88.4 Å². The number of nitrogens with one attached hydrogen (secondary N) is 2. The van der Waals surface area contributed by atoms with Gasteiger partial charge in [0.2, 0.25) is 0 Å². The van der Waals surface area contributed by atoms with Crippen LogP contribution in [0.3, 0.4) is 0 Å². The number of anilines is 2. The number of benzene rings is 2. The molecular formula is C27H35N3O. The zero-order valence-electron chi connectivity index (χ0n) is 19.4. The monoisotopic (exact) mass is 417 g/mol. The number of hydrogen-bond acceptors (Lipinski definition) is 3. The Morgan fingerprint density at radius 3 is 2.45 bits per heavy atom. The summed E-state index contributed by atoms with van der Waals surface area (Å²) in [4.78, 5) is 15.1. The van der Waals surface area contributed by atoms with Crippen LogP contribution in [0.5, 0.6) is 0 Å². The highest BCUT2D eigenvalue weighted by Gasteiger charge is 2.38. The number of fused-ring (bicyclic) bond motifs is 3. The average molecular weight is 418 g/mol. The summed E-state index contributed by atoms with van der Waals surface area (Å²) in [6.07, 6.45) is 5.68. The zero-order chi connectivity index (χ0) is 22.2. The van der Waals surface area contributed by atoms with Crippen molar-refractivity contribution in [1.29, 1.82) is 0 Å². The average Bonchev–Trinajstić information content (AvgIpc) is 3.23. The Hall–Kier alpha value is -2.75. The third-order valence-electron chi connectivity index (χ3n) is 6.49. The van der Waals surface area contributed by atoms with Crippen molar-refractivity contribution in [3.8, 4) is 0 Å². The van der Waals surface area contributed by atoms with E-state index in [1.54, 1.807) is 0 Å². The van der Waals surface area contributed by atoms with Crippen molar-refractivity contribution in [3.63, 3.8) is 0 Å². The first-order valence-electron chi connectivity index (χ1n) is 11.5. The Morgan fingerprint density at radius 2 is 1.81 bits per heavy atom. The molecule has 3 unspecified atom stereocenters. The molecular weight excluding hydrogens is 382 g/mol. The fourth-order valence-corrected chi connectivity index (χ4v) is 4.96. The Bertz CT molecular complexity index is 967. The molecule has 4 heteroatoms. The van der Waals surface area contributed by atoms with Crippen molar-refractivity contribution in [1.82, 2.24) is 5.32 Å². The Balaban J connectivity index is 1.61. The molecule has 1 heterocycles. The number of nitrogens with zero attached hydrogens (tertiary/aromatic N) is 1. The van der Waals surface area contributed by atoms with Gasteiger partial charge in [0, 0.05) is 41.5 Å². The second kappa shape index (κ2) is 8.41. The largest absolute Gasteiger partial charge is 0.378 e. The van der Waals surface area contributed by atoms with E-state index in [0.29, 0.717) is 11.8 Å². The second-order valence-corrected chi connectivity index (χ2v) is 9.75. The molecule has 4 rings (SSSR count). The smallest absolute Gasteiger partial charge is 0.251 e. The molecule has 0 bridgehead atoms. The molecule has 0 saturated carbocycles. The van der Waals surface area contributed by atoms with Gasteiger partial charge in [-0.3, -0.25) is 4.79 Å². The molecule has 1 amide bonds. The molecule has 0 spiro atoms. The van der Waals surface area contributed by atoms with Gasteiger partial charge in [0.1, 0.15) is 0 Å². The number of rotatable bonds is 5. The molecule has 1 aliphatic heterocycles. The number of hydrogen-bond donors (Lipinski definition) is 2. The molecule has 0 aromatic heterocycles. The zero-order valence-corrected chi connectivity index (χ0v) is 19.4. The topological polar surface area (TPSA) is 44.4 Å². The first-order valence-corrected chi connectivity index (χ1v) is 11.5. The minimum atomic E-state index is -0.247. The third kappa shape index (κ3) is 4.34. The van der Waals surface area contributed by atoms with E-state index in [2.05, 4.69) is 77.9 Å².